The van der Waals surface area contributed by atoms with Crippen LogP contribution in [0.15, 0.2) is 42.5 Å². The third kappa shape index (κ3) is 2.96. The number of carbonyl (C=O) groups excluding carboxylic acids is 1. The van der Waals surface area contributed by atoms with E-state index in [1.807, 2.05) is 23.1 Å². The molecule has 0 unspecified atom stereocenters. The van der Waals surface area contributed by atoms with Gasteiger partial charge in [-0.1, -0.05) is 18.2 Å². The number of amides is 1. The molecule has 3 rings (SSSR count). The summed E-state index contributed by atoms with van der Waals surface area (Å²) in [7, 11) is 1.62. The van der Waals surface area contributed by atoms with E-state index in [9.17, 15) is 9.18 Å². The van der Waals surface area contributed by atoms with Gasteiger partial charge in [0, 0.05) is 12.6 Å². The highest BCUT2D eigenvalue weighted by Crippen LogP contribution is 2.31. The lowest BCUT2D eigenvalue weighted by atomic mass is 10.0. The minimum absolute atomic E-state index is 0.0285. The average Bonchev–Trinajstić information content (AvgIpc) is 2.55. The van der Waals surface area contributed by atoms with Gasteiger partial charge in [0.25, 0.3) is 0 Å². The lowest BCUT2D eigenvalue weighted by Gasteiger charge is -2.30. The summed E-state index contributed by atoms with van der Waals surface area (Å²) in [6, 6.07) is 11.9. The van der Waals surface area contributed by atoms with Crippen LogP contribution in [0.1, 0.15) is 17.5 Å². The van der Waals surface area contributed by atoms with Gasteiger partial charge in [-0.25, -0.2) is 4.39 Å². The fourth-order valence-corrected chi connectivity index (χ4v) is 2.81. The predicted octanol–water partition coefficient (Wildman–Crippen LogP) is 3.36. The summed E-state index contributed by atoms with van der Waals surface area (Å²) < 4.78 is 18.2. The monoisotopic (exact) mass is 299 g/mol. The summed E-state index contributed by atoms with van der Waals surface area (Å²) in [6.07, 6.45) is 2.20. The lowest BCUT2D eigenvalue weighted by molar-refractivity contribution is -0.118. The number of ether oxygens (including phenoxy) is 1. The number of hydrogen-bond acceptors (Lipinski definition) is 2. The van der Waals surface area contributed by atoms with Gasteiger partial charge >= 0.3 is 0 Å². The second-order valence-electron chi connectivity index (χ2n) is 5.45. The first-order valence-corrected chi connectivity index (χ1v) is 7.39. The van der Waals surface area contributed by atoms with Crippen molar-refractivity contribution in [2.45, 2.75) is 19.3 Å². The topological polar surface area (TPSA) is 29.5 Å². The Morgan fingerprint density at radius 1 is 1.23 bits per heavy atom. The van der Waals surface area contributed by atoms with Crippen molar-refractivity contribution >= 4 is 11.6 Å². The van der Waals surface area contributed by atoms with Gasteiger partial charge in [0.15, 0.2) is 0 Å². The average molecular weight is 299 g/mol. The molecular weight excluding hydrogens is 281 g/mol. The molecule has 0 N–H and O–H groups in total. The van der Waals surface area contributed by atoms with Crippen molar-refractivity contribution < 1.29 is 13.9 Å². The summed E-state index contributed by atoms with van der Waals surface area (Å²) in [6.45, 7) is 0.709. The molecule has 0 spiro atoms. The Kier molecular flexibility index (Phi) is 4.09. The molecule has 0 bridgehead atoms. The van der Waals surface area contributed by atoms with E-state index < -0.39 is 0 Å². The molecule has 4 heteroatoms. The highest BCUT2D eigenvalue weighted by atomic mass is 19.1. The number of halogens is 1. The van der Waals surface area contributed by atoms with E-state index in [4.69, 9.17) is 4.74 Å². The van der Waals surface area contributed by atoms with E-state index in [-0.39, 0.29) is 18.1 Å². The molecule has 0 saturated heterocycles. The zero-order valence-corrected chi connectivity index (χ0v) is 12.5. The number of carbonyl (C=O) groups is 1. The van der Waals surface area contributed by atoms with Crippen molar-refractivity contribution in [3.05, 3.63) is 59.4 Å². The van der Waals surface area contributed by atoms with Gasteiger partial charge in [0.1, 0.15) is 11.6 Å². The van der Waals surface area contributed by atoms with Crippen LogP contribution in [0.2, 0.25) is 0 Å². The van der Waals surface area contributed by atoms with Crippen LogP contribution in [0, 0.1) is 5.82 Å². The molecule has 0 fully saturated rings. The third-order valence-corrected chi connectivity index (χ3v) is 3.98. The highest BCUT2D eigenvalue weighted by molar-refractivity contribution is 5.96. The largest absolute Gasteiger partial charge is 0.497 e. The number of methoxy groups -OCH3 is 1. The van der Waals surface area contributed by atoms with Crippen LogP contribution in [0.5, 0.6) is 5.75 Å². The quantitative estimate of drug-likeness (QED) is 0.870. The van der Waals surface area contributed by atoms with E-state index in [1.165, 1.54) is 17.7 Å². The first-order chi connectivity index (χ1) is 10.7. The number of fused-ring (bicyclic) bond motifs is 1. The van der Waals surface area contributed by atoms with Crippen molar-refractivity contribution in [3.8, 4) is 5.75 Å². The minimum atomic E-state index is -0.288. The molecule has 0 radical (unpaired) electrons. The van der Waals surface area contributed by atoms with Crippen molar-refractivity contribution in [2.75, 3.05) is 18.6 Å². The summed E-state index contributed by atoms with van der Waals surface area (Å²) in [5.74, 6) is 0.491. The molecule has 1 aliphatic heterocycles. The summed E-state index contributed by atoms with van der Waals surface area (Å²) >= 11 is 0. The molecule has 0 aliphatic carbocycles. The molecule has 0 saturated carbocycles. The zero-order valence-electron chi connectivity index (χ0n) is 12.5. The van der Waals surface area contributed by atoms with E-state index in [2.05, 4.69) is 0 Å². The smallest absolute Gasteiger partial charge is 0.231 e. The Morgan fingerprint density at radius 2 is 2.00 bits per heavy atom. The maximum absolute atomic E-state index is 13.0. The van der Waals surface area contributed by atoms with E-state index >= 15 is 0 Å². The van der Waals surface area contributed by atoms with Gasteiger partial charge in [0.2, 0.25) is 5.91 Å². The molecule has 1 aliphatic rings. The molecule has 22 heavy (non-hydrogen) atoms. The zero-order chi connectivity index (χ0) is 15.5. The number of rotatable bonds is 3. The molecular formula is C18H18FNO2. The summed E-state index contributed by atoms with van der Waals surface area (Å²) in [5.41, 5.74) is 2.92. The van der Waals surface area contributed by atoms with Crippen LogP contribution in [0.4, 0.5) is 10.1 Å². The number of benzene rings is 2. The molecule has 2 aromatic rings. The Hall–Kier alpha value is -2.36. The Labute approximate surface area is 129 Å². The van der Waals surface area contributed by atoms with Gasteiger partial charge in [0.05, 0.1) is 19.2 Å². The summed E-state index contributed by atoms with van der Waals surface area (Å²) in [5, 5.41) is 0. The molecule has 114 valence electrons. The Morgan fingerprint density at radius 3 is 2.73 bits per heavy atom. The summed E-state index contributed by atoms with van der Waals surface area (Å²) in [4.78, 5) is 14.4. The second kappa shape index (κ2) is 6.18. The fraction of sp³-hybridized carbons (Fsp3) is 0.278. The van der Waals surface area contributed by atoms with Crippen LogP contribution >= 0.6 is 0 Å². The standard InChI is InChI=1S/C18H18FNO2/c1-22-16-9-6-14-3-2-10-20(17(14)12-16)18(21)11-13-4-7-15(19)8-5-13/h4-9,12H,2-3,10-11H2,1H3. The number of nitrogens with zero attached hydrogens (tertiary/aromatic N) is 1. The van der Waals surface area contributed by atoms with Gasteiger partial charge < -0.3 is 9.64 Å². The van der Waals surface area contributed by atoms with E-state index in [0.29, 0.717) is 6.54 Å². The van der Waals surface area contributed by atoms with Crippen molar-refractivity contribution in [3.63, 3.8) is 0 Å². The Bertz CT molecular complexity index is 682. The number of anilines is 1. The van der Waals surface area contributed by atoms with Gasteiger partial charge in [-0.15, -0.1) is 0 Å². The van der Waals surface area contributed by atoms with Crippen molar-refractivity contribution in [2.24, 2.45) is 0 Å². The fourth-order valence-electron chi connectivity index (χ4n) is 2.81. The molecule has 0 aromatic heterocycles. The van der Waals surface area contributed by atoms with Gasteiger partial charge in [-0.2, -0.15) is 0 Å². The van der Waals surface area contributed by atoms with E-state index in [1.54, 1.807) is 19.2 Å². The van der Waals surface area contributed by atoms with Crippen LogP contribution in [0.25, 0.3) is 0 Å². The van der Waals surface area contributed by atoms with Crippen LogP contribution in [-0.2, 0) is 17.6 Å². The first-order valence-electron chi connectivity index (χ1n) is 7.39. The lowest BCUT2D eigenvalue weighted by Crippen LogP contribution is -2.36. The number of aryl methyl sites for hydroxylation is 1. The Balaban J connectivity index is 1.83. The number of hydrogen-bond donors (Lipinski definition) is 0. The van der Waals surface area contributed by atoms with Crippen LogP contribution in [-0.4, -0.2) is 19.6 Å². The predicted molar refractivity (Wildman–Crippen MR) is 83.8 cm³/mol. The maximum atomic E-state index is 13.0. The molecule has 2 aromatic carbocycles. The van der Waals surface area contributed by atoms with Crippen molar-refractivity contribution in [1.29, 1.82) is 0 Å². The van der Waals surface area contributed by atoms with Gasteiger partial charge in [-0.05, 0) is 42.2 Å². The maximum Gasteiger partial charge on any atom is 0.231 e. The second-order valence-corrected chi connectivity index (χ2v) is 5.45. The highest BCUT2D eigenvalue weighted by Gasteiger charge is 2.23. The first kappa shape index (κ1) is 14.6. The van der Waals surface area contributed by atoms with Crippen LogP contribution in [0.3, 0.4) is 0 Å². The normalized spacial score (nSPS) is 13.6. The SMILES string of the molecule is COc1ccc2c(c1)N(C(=O)Cc1ccc(F)cc1)CCC2. The minimum Gasteiger partial charge on any atom is -0.497 e. The third-order valence-electron chi connectivity index (χ3n) is 3.98. The molecule has 3 nitrogen and oxygen atoms in total. The van der Waals surface area contributed by atoms with E-state index in [0.717, 1.165) is 29.8 Å². The van der Waals surface area contributed by atoms with Crippen LogP contribution < -0.4 is 9.64 Å². The van der Waals surface area contributed by atoms with Gasteiger partial charge in [-0.3, -0.25) is 4.79 Å². The molecule has 0 atom stereocenters. The molecule has 1 heterocycles. The van der Waals surface area contributed by atoms with Crippen molar-refractivity contribution in [1.82, 2.24) is 0 Å². The molecule has 1 amide bonds.